The van der Waals surface area contributed by atoms with E-state index in [2.05, 4.69) is 52.3 Å². The number of amidine groups is 2. The zero-order chi connectivity index (χ0) is 38.4. The average Bonchev–Trinajstić information content (AvgIpc) is 3.77. The van der Waals surface area contributed by atoms with E-state index in [9.17, 15) is 14.4 Å². The number of likely N-dealkylation sites (tertiary alicyclic amines) is 2. The number of hydrogen-bond acceptors (Lipinski definition) is 11. The van der Waals surface area contributed by atoms with Crippen molar-refractivity contribution in [2.24, 2.45) is 9.98 Å². The summed E-state index contributed by atoms with van der Waals surface area (Å²) in [5, 5.41) is 9.97. The van der Waals surface area contributed by atoms with Crippen LogP contribution in [0.25, 0.3) is 0 Å². The van der Waals surface area contributed by atoms with Crippen LogP contribution in [0.15, 0.2) is 46.4 Å². The first-order valence-electron chi connectivity index (χ1n) is 19.7. The van der Waals surface area contributed by atoms with Crippen LogP contribution < -0.4 is 20.7 Å². The monoisotopic (exact) mass is 755 g/mol. The van der Waals surface area contributed by atoms with E-state index in [1.807, 2.05) is 11.8 Å². The Morgan fingerprint density at radius 2 is 1.49 bits per heavy atom. The lowest BCUT2D eigenvalue weighted by molar-refractivity contribution is -0.136. The Kier molecular flexibility index (Phi) is 10.2. The quantitative estimate of drug-likeness (QED) is 0.307. The van der Waals surface area contributed by atoms with E-state index < -0.39 is 18.2 Å². The molecular weight excluding hydrogens is 702 g/mol. The van der Waals surface area contributed by atoms with Crippen LogP contribution in [0.2, 0.25) is 0 Å². The minimum Gasteiger partial charge on any atom is -0.457 e. The number of hydrogen-bond donors (Lipinski definition) is 3. The van der Waals surface area contributed by atoms with Gasteiger partial charge in [0.1, 0.15) is 29.2 Å². The molecule has 2 unspecified atom stereocenters. The molecule has 7 atom stereocenters. The van der Waals surface area contributed by atoms with E-state index >= 15 is 0 Å². The lowest BCUT2D eigenvalue weighted by atomic mass is 9.82. The minimum absolute atomic E-state index is 0.0189. The van der Waals surface area contributed by atoms with Gasteiger partial charge < -0.3 is 44.7 Å². The second-order valence-electron chi connectivity index (χ2n) is 15.8. The molecule has 3 N–H and O–H groups in total. The van der Waals surface area contributed by atoms with Crippen molar-refractivity contribution in [2.45, 2.75) is 107 Å². The molecule has 8 rings (SSSR count). The lowest BCUT2D eigenvalue weighted by Crippen LogP contribution is -2.57. The summed E-state index contributed by atoms with van der Waals surface area (Å²) in [6.07, 6.45) is 4.67. The van der Waals surface area contributed by atoms with Crippen LogP contribution in [0.4, 0.5) is 4.79 Å². The van der Waals surface area contributed by atoms with Crippen LogP contribution in [-0.4, -0.2) is 117 Å². The number of carbonyl (C=O) groups is 3. The van der Waals surface area contributed by atoms with Gasteiger partial charge in [0, 0.05) is 43.9 Å². The molecule has 14 nitrogen and oxygen atoms in total. The van der Waals surface area contributed by atoms with Gasteiger partial charge in [0.05, 0.1) is 63.0 Å². The number of fused-ring (bicyclic) bond motifs is 4. The number of alkyl carbamates (subject to hydrolysis) is 1. The third-order valence-corrected chi connectivity index (χ3v) is 12.5. The summed E-state index contributed by atoms with van der Waals surface area (Å²) in [5.74, 6) is 3.38. The largest absolute Gasteiger partial charge is 0.457 e. The Bertz CT molecular complexity index is 1900. The van der Waals surface area contributed by atoms with Crippen LogP contribution in [0.1, 0.15) is 93.1 Å². The third kappa shape index (κ3) is 6.92. The van der Waals surface area contributed by atoms with Gasteiger partial charge in [-0.25, -0.2) is 4.79 Å². The fourth-order valence-electron chi connectivity index (χ4n) is 9.08. The highest BCUT2D eigenvalue weighted by Gasteiger charge is 2.52. The minimum atomic E-state index is -0.874. The standard InChI is InChI=1S/C41H53N7O7/c1-23(52-3)18-35(49)47-16-6-8-31(47)37-42-22-30(45-37)26-10-12-27-34(20-26)55-33-13-11-25(19-28(33)41(27)14-15-41)29-21-43-38(44-29)32-9-7-17-48(32)39(50)36(24(2)53-4)46-40(51)54-5/h10-13,19-20,23-24,29-32,36H,6-9,14-18,21-22H2,1-5H3,(H,42,45)(H,43,44)(H,46,51)/t23-,24-,29?,30?,31-,32-,36-/m0/s1. The van der Waals surface area contributed by atoms with Gasteiger partial charge in [0.15, 0.2) is 0 Å². The predicted octanol–water partition coefficient (Wildman–Crippen LogP) is 4.12. The van der Waals surface area contributed by atoms with Gasteiger partial charge in [-0.05, 0) is 81.7 Å². The van der Waals surface area contributed by atoms with E-state index in [0.717, 1.165) is 79.4 Å². The molecule has 2 aromatic carbocycles. The number of ether oxygens (including phenoxy) is 4. The Morgan fingerprint density at radius 1 is 0.855 bits per heavy atom. The fraction of sp³-hybridized carbons (Fsp3) is 0.585. The van der Waals surface area contributed by atoms with Crippen LogP contribution in [0.5, 0.6) is 11.5 Å². The summed E-state index contributed by atoms with van der Waals surface area (Å²) in [6.45, 7) is 6.19. The Balaban J connectivity index is 0.932. The van der Waals surface area contributed by atoms with Gasteiger partial charge in [-0.2, -0.15) is 0 Å². The van der Waals surface area contributed by atoms with Gasteiger partial charge in [-0.15, -0.1) is 0 Å². The number of carbonyl (C=O) groups excluding carboxylic acids is 3. The van der Waals surface area contributed by atoms with Crippen molar-refractivity contribution in [1.82, 2.24) is 25.8 Å². The third-order valence-electron chi connectivity index (χ3n) is 12.5. The number of nitrogens with one attached hydrogen (secondary N) is 3. The van der Waals surface area contributed by atoms with Gasteiger partial charge in [-0.1, -0.05) is 18.2 Å². The molecule has 2 aromatic rings. The van der Waals surface area contributed by atoms with Crippen molar-refractivity contribution in [3.05, 3.63) is 58.7 Å². The summed E-state index contributed by atoms with van der Waals surface area (Å²) in [4.78, 5) is 52.4. The molecule has 55 heavy (non-hydrogen) atoms. The first kappa shape index (κ1) is 37.2. The molecule has 3 fully saturated rings. The normalized spacial score (nSPS) is 26.1. The van der Waals surface area contributed by atoms with Gasteiger partial charge in [0.2, 0.25) is 11.8 Å². The number of methoxy groups -OCH3 is 3. The van der Waals surface area contributed by atoms with E-state index in [1.54, 1.807) is 18.9 Å². The molecule has 5 heterocycles. The number of nitrogens with zero attached hydrogens (tertiary/aromatic N) is 4. The Morgan fingerprint density at radius 3 is 2.13 bits per heavy atom. The topological polar surface area (TPSA) is 155 Å². The van der Waals surface area contributed by atoms with Gasteiger partial charge in [0.25, 0.3) is 0 Å². The average molecular weight is 756 g/mol. The molecule has 1 aliphatic carbocycles. The molecule has 5 aliphatic heterocycles. The molecule has 0 bridgehead atoms. The highest BCUT2D eigenvalue weighted by Crippen LogP contribution is 2.62. The van der Waals surface area contributed by atoms with Gasteiger partial charge in [-0.3, -0.25) is 19.6 Å². The second-order valence-corrected chi connectivity index (χ2v) is 15.8. The second kappa shape index (κ2) is 15.1. The van der Waals surface area contributed by atoms with E-state index in [4.69, 9.17) is 28.9 Å². The Hall–Kier alpha value is -4.69. The van der Waals surface area contributed by atoms with E-state index in [1.165, 1.54) is 25.3 Å². The Labute approximate surface area is 322 Å². The number of aliphatic imine (C=N–C) groups is 2. The van der Waals surface area contributed by atoms with Crippen LogP contribution in [0.3, 0.4) is 0 Å². The number of rotatable bonds is 11. The molecule has 294 valence electrons. The first-order valence-corrected chi connectivity index (χ1v) is 19.7. The van der Waals surface area contributed by atoms with Crippen molar-refractivity contribution in [2.75, 3.05) is 47.5 Å². The molecule has 6 aliphatic rings. The zero-order valence-electron chi connectivity index (χ0n) is 32.4. The maximum Gasteiger partial charge on any atom is 0.407 e. The SMILES string of the molecule is COC(=O)N[C@H](C(=O)N1CCC[C@H]1C1=NCC(c2ccc3c(c2)C2(CC2)c2ccc(C4CN=C([C@@H]5CCCN5C(=O)C[C@H](C)OC)N4)cc2O3)N1)[C@H](C)OC. The highest BCUT2D eigenvalue weighted by molar-refractivity contribution is 5.96. The predicted molar refractivity (Wildman–Crippen MR) is 206 cm³/mol. The smallest absolute Gasteiger partial charge is 0.407 e. The van der Waals surface area contributed by atoms with Crippen molar-refractivity contribution in [3.8, 4) is 11.5 Å². The maximum absolute atomic E-state index is 13.7. The molecule has 3 amide bonds. The summed E-state index contributed by atoms with van der Waals surface area (Å²) in [6, 6.07) is 12.0. The molecular formula is C41H53N7O7. The first-order chi connectivity index (χ1) is 26.6. The summed E-state index contributed by atoms with van der Waals surface area (Å²) in [7, 11) is 4.44. The molecule has 14 heteroatoms. The summed E-state index contributed by atoms with van der Waals surface area (Å²) in [5.41, 5.74) is 4.61. The van der Waals surface area contributed by atoms with Crippen molar-refractivity contribution in [1.29, 1.82) is 0 Å². The van der Waals surface area contributed by atoms with Crippen molar-refractivity contribution in [3.63, 3.8) is 0 Å². The van der Waals surface area contributed by atoms with Crippen LogP contribution in [0, 0.1) is 0 Å². The molecule has 1 saturated carbocycles. The fourth-order valence-corrected chi connectivity index (χ4v) is 9.08. The van der Waals surface area contributed by atoms with Gasteiger partial charge >= 0.3 is 6.09 Å². The van der Waals surface area contributed by atoms with Crippen LogP contribution >= 0.6 is 0 Å². The number of amides is 3. The summed E-state index contributed by atoms with van der Waals surface area (Å²) >= 11 is 0. The van der Waals surface area contributed by atoms with Crippen molar-refractivity contribution >= 4 is 29.6 Å². The number of benzene rings is 2. The lowest BCUT2D eigenvalue weighted by Gasteiger charge is -2.32. The molecule has 0 aromatic heterocycles. The maximum atomic E-state index is 13.7. The molecule has 1 spiro atoms. The van der Waals surface area contributed by atoms with Crippen molar-refractivity contribution < 1.29 is 33.3 Å². The van der Waals surface area contributed by atoms with E-state index in [-0.39, 0.29) is 47.5 Å². The highest BCUT2D eigenvalue weighted by atomic mass is 16.5. The zero-order valence-corrected chi connectivity index (χ0v) is 32.4. The molecule has 2 saturated heterocycles. The summed E-state index contributed by atoms with van der Waals surface area (Å²) < 4.78 is 22.2. The van der Waals surface area contributed by atoms with Crippen LogP contribution in [-0.2, 0) is 29.2 Å². The molecule has 0 radical (unpaired) electrons. The van der Waals surface area contributed by atoms with E-state index in [0.29, 0.717) is 26.1 Å².